The number of benzene rings is 1. The highest BCUT2D eigenvalue weighted by atomic mass is 79.9. The number of nitrogens with one attached hydrogen (secondary N) is 2. The predicted octanol–water partition coefficient (Wildman–Crippen LogP) is 2.58. The quantitative estimate of drug-likeness (QED) is 0.308. The van der Waals surface area contributed by atoms with Gasteiger partial charge in [-0.3, -0.25) is 14.9 Å². The average Bonchev–Trinajstić information content (AvgIpc) is 3.06. The minimum absolute atomic E-state index is 0.0665. The van der Waals surface area contributed by atoms with Crippen LogP contribution in [0, 0.1) is 0 Å². The smallest absolute Gasteiger partial charge is 0.280 e. The van der Waals surface area contributed by atoms with Gasteiger partial charge in [-0.25, -0.2) is 4.98 Å². The van der Waals surface area contributed by atoms with Crippen molar-refractivity contribution in [1.29, 1.82) is 0 Å². The average molecular weight is 469 g/mol. The molecule has 0 aliphatic rings. The fourth-order valence-electron chi connectivity index (χ4n) is 2.53. The number of nitrogens with zero attached hydrogens (tertiary/aromatic N) is 3. The standard InChI is InChI=1S/C17H22BrN6O3P/c1-2-21-28(27-9-12-4-3-5-13(18)8-12)11-26-7-6-24-10-20-14-15(24)22-17(19)23-16(14)25/h3-5,8,10,21H,2,6-7,9,11H2,1H3,(H3,19,22,23,25). The Labute approximate surface area is 171 Å². The number of anilines is 1. The molecule has 0 bridgehead atoms. The van der Waals surface area contributed by atoms with Crippen molar-refractivity contribution >= 4 is 41.3 Å². The van der Waals surface area contributed by atoms with Crippen LogP contribution >= 0.6 is 24.2 Å². The van der Waals surface area contributed by atoms with Crippen LogP contribution in [0.15, 0.2) is 39.9 Å². The van der Waals surface area contributed by atoms with Crippen molar-refractivity contribution < 1.29 is 9.26 Å². The summed E-state index contributed by atoms with van der Waals surface area (Å²) < 4.78 is 14.5. The van der Waals surface area contributed by atoms with E-state index in [1.807, 2.05) is 31.2 Å². The van der Waals surface area contributed by atoms with E-state index >= 15 is 0 Å². The van der Waals surface area contributed by atoms with Crippen LogP contribution in [-0.2, 0) is 22.4 Å². The Bertz CT molecular complexity index is 979. The Kier molecular flexibility index (Phi) is 7.52. The third kappa shape index (κ3) is 5.59. The first-order valence-electron chi connectivity index (χ1n) is 8.73. The SMILES string of the molecule is CCNP(COCCn1cnc2c(=O)[nH]c(N)nc21)OCc1cccc(Br)c1. The van der Waals surface area contributed by atoms with Gasteiger partial charge in [-0.05, 0) is 24.2 Å². The fraction of sp³-hybridized carbons (Fsp3) is 0.353. The van der Waals surface area contributed by atoms with E-state index in [1.54, 1.807) is 10.9 Å². The Morgan fingerprint density at radius 1 is 1.43 bits per heavy atom. The van der Waals surface area contributed by atoms with Crippen LogP contribution in [0.25, 0.3) is 11.2 Å². The molecule has 28 heavy (non-hydrogen) atoms. The van der Waals surface area contributed by atoms with Crippen LogP contribution in [0.3, 0.4) is 0 Å². The molecule has 1 unspecified atom stereocenters. The molecule has 4 N–H and O–H groups in total. The molecule has 0 aliphatic carbocycles. The molecule has 0 spiro atoms. The minimum Gasteiger partial charge on any atom is -0.371 e. The number of nitrogens with two attached hydrogens (primary N) is 1. The van der Waals surface area contributed by atoms with E-state index < -0.39 is 8.30 Å². The maximum absolute atomic E-state index is 11.8. The van der Waals surface area contributed by atoms with E-state index in [0.29, 0.717) is 31.8 Å². The molecule has 0 amide bonds. The van der Waals surface area contributed by atoms with Crippen LogP contribution in [0.2, 0.25) is 0 Å². The highest BCUT2D eigenvalue weighted by Gasteiger charge is 2.11. The van der Waals surface area contributed by atoms with E-state index in [0.717, 1.165) is 16.6 Å². The third-order valence-electron chi connectivity index (χ3n) is 3.79. The molecular formula is C17H22BrN6O3P. The number of aromatic nitrogens is 4. The number of imidazole rings is 1. The highest BCUT2D eigenvalue weighted by Crippen LogP contribution is 2.33. The second kappa shape index (κ2) is 10.1. The summed E-state index contributed by atoms with van der Waals surface area (Å²) in [7, 11) is -0.911. The molecule has 3 rings (SSSR count). The van der Waals surface area contributed by atoms with Crippen molar-refractivity contribution in [3.8, 4) is 0 Å². The number of aromatic amines is 1. The lowest BCUT2D eigenvalue weighted by molar-refractivity contribution is 0.159. The first-order valence-corrected chi connectivity index (χ1v) is 11.0. The molecular weight excluding hydrogens is 447 g/mol. The van der Waals surface area contributed by atoms with Crippen molar-refractivity contribution in [1.82, 2.24) is 24.6 Å². The van der Waals surface area contributed by atoms with Gasteiger partial charge in [0.25, 0.3) is 5.56 Å². The van der Waals surface area contributed by atoms with Crippen LogP contribution < -0.4 is 16.4 Å². The van der Waals surface area contributed by atoms with E-state index in [4.69, 9.17) is 15.0 Å². The number of halogens is 1. The van der Waals surface area contributed by atoms with Crippen LogP contribution in [0.5, 0.6) is 0 Å². The van der Waals surface area contributed by atoms with Gasteiger partial charge >= 0.3 is 0 Å². The van der Waals surface area contributed by atoms with E-state index in [9.17, 15) is 4.79 Å². The first-order chi connectivity index (χ1) is 13.6. The molecule has 0 saturated heterocycles. The lowest BCUT2D eigenvalue weighted by Gasteiger charge is -2.18. The van der Waals surface area contributed by atoms with Gasteiger partial charge in [-0.15, -0.1) is 0 Å². The number of hydrogen-bond donors (Lipinski definition) is 3. The van der Waals surface area contributed by atoms with Crippen molar-refractivity contribution in [3.05, 3.63) is 51.0 Å². The zero-order valence-corrected chi connectivity index (χ0v) is 17.9. The largest absolute Gasteiger partial charge is 0.371 e. The van der Waals surface area contributed by atoms with E-state index in [1.165, 1.54) is 0 Å². The number of nitrogen functional groups attached to an aromatic ring is 1. The van der Waals surface area contributed by atoms with Crippen molar-refractivity contribution in [2.45, 2.75) is 20.1 Å². The molecule has 3 aromatic rings. The minimum atomic E-state index is -0.911. The molecule has 9 nitrogen and oxygen atoms in total. The Morgan fingerprint density at radius 3 is 3.07 bits per heavy atom. The van der Waals surface area contributed by atoms with Gasteiger partial charge in [0.05, 0.1) is 19.5 Å². The summed E-state index contributed by atoms with van der Waals surface area (Å²) >= 11 is 3.46. The fourth-order valence-corrected chi connectivity index (χ4v) is 4.19. The summed E-state index contributed by atoms with van der Waals surface area (Å²) in [5, 5.41) is 3.32. The third-order valence-corrected chi connectivity index (χ3v) is 5.81. The maximum Gasteiger partial charge on any atom is 0.280 e. The Hall–Kier alpha value is -1.84. The van der Waals surface area contributed by atoms with Crippen LogP contribution in [0.4, 0.5) is 5.95 Å². The van der Waals surface area contributed by atoms with E-state index in [-0.39, 0.29) is 17.0 Å². The van der Waals surface area contributed by atoms with Gasteiger partial charge in [0.15, 0.2) is 11.2 Å². The number of hydrogen-bond acceptors (Lipinski definition) is 7. The predicted molar refractivity (Wildman–Crippen MR) is 113 cm³/mol. The summed E-state index contributed by atoms with van der Waals surface area (Å²) in [4.78, 5) is 22.5. The molecule has 0 aliphatic heterocycles. The Balaban J connectivity index is 1.50. The molecule has 2 heterocycles. The monoisotopic (exact) mass is 468 g/mol. The number of H-pyrrole nitrogens is 1. The molecule has 0 saturated carbocycles. The second-order valence-electron chi connectivity index (χ2n) is 5.89. The maximum atomic E-state index is 11.8. The van der Waals surface area contributed by atoms with Crippen molar-refractivity contribution in [2.75, 3.05) is 25.2 Å². The van der Waals surface area contributed by atoms with Crippen molar-refractivity contribution in [3.63, 3.8) is 0 Å². The van der Waals surface area contributed by atoms with Gasteiger partial charge in [-0.2, -0.15) is 4.98 Å². The summed E-state index contributed by atoms with van der Waals surface area (Å²) in [5.41, 5.74) is 7.07. The molecule has 1 atom stereocenters. The summed E-state index contributed by atoms with van der Waals surface area (Å²) in [6, 6.07) is 8.02. The number of rotatable bonds is 10. The summed E-state index contributed by atoms with van der Waals surface area (Å²) in [5.74, 6) is 0.0665. The van der Waals surface area contributed by atoms with Crippen LogP contribution in [0.1, 0.15) is 12.5 Å². The molecule has 0 radical (unpaired) electrons. The van der Waals surface area contributed by atoms with Crippen molar-refractivity contribution in [2.24, 2.45) is 0 Å². The van der Waals surface area contributed by atoms with Crippen LogP contribution in [-0.4, -0.2) is 39.0 Å². The zero-order valence-electron chi connectivity index (χ0n) is 15.4. The number of fused-ring (bicyclic) bond motifs is 1. The second-order valence-corrected chi connectivity index (χ2v) is 8.40. The summed E-state index contributed by atoms with van der Waals surface area (Å²) in [6.07, 6.45) is 2.02. The molecule has 1 aromatic carbocycles. The lowest BCUT2D eigenvalue weighted by Crippen LogP contribution is -2.15. The normalized spacial score (nSPS) is 12.5. The van der Waals surface area contributed by atoms with Gasteiger partial charge in [0.2, 0.25) is 5.95 Å². The van der Waals surface area contributed by atoms with Gasteiger partial charge < -0.3 is 19.6 Å². The topological polar surface area (TPSA) is 120 Å². The van der Waals surface area contributed by atoms with Gasteiger partial charge in [0, 0.05) is 11.0 Å². The molecule has 0 fully saturated rings. The lowest BCUT2D eigenvalue weighted by atomic mass is 10.2. The molecule has 150 valence electrons. The molecule has 11 heteroatoms. The number of ether oxygens (including phenoxy) is 1. The molecule has 2 aromatic heterocycles. The Morgan fingerprint density at radius 2 is 2.29 bits per heavy atom. The highest BCUT2D eigenvalue weighted by molar-refractivity contribution is 9.10. The zero-order chi connectivity index (χ0) is 19.9. The summed E-state index contributed by atoms with van der Waals surface area (Å²) in [6.45, 7) is 4.28. The van der Waals surface area contributed by atoms with Gasteiger partial charge in [0.1, 0.15) is 14.6 Å². The van der Waals surface area contributed by atoms with E-state index in [2.05, 4.69) is 36.0 Å². The first kappa shape index (κ1) is 20.9. The van der Waals surface area contributed by atoms with Gasteiger partial charge in [-0.1, -0.05) is 35.0 Å².